The van der Waals surface area contributed by atoms with Crippen LogP contribution in [0.1, 0.15) is 0 Å². The standard InChI is InChI=1S/C18H26O10S/c19-6-9-11(21)12(22)14(24)17(26-9)28-16-10(7-20)27-18(15(25)13(16)23)29-8-4-2-1-3-5-8/h1-5,9-25H,6-7H2/t9?,10?,11-,12-,13+,14?,15?,16-,17-,18-/m0/s1. The predicted octanol–water partition coefficient (Wildman–Crippen LogP) is -2.60. The number of rotatable bonds is 6. The van der Waals surface area contributed by atoms with E-state index in [2.05, 4.69) is 0 Å². The largest absolute Gasteiger partial charge is 0.394 e. The van der Waals surface area contributed by atoms with Gasteiger partial charge in [-0.05, 0) is 12.1 Å². The van der Waals surface area contributed by atoms with Crippen LogP contribution in [0.3, 0.4) is 0 Å². The number of hydrogen-bond acceptors (Lipinski definition) is 11. The molecule has 164 valence electrons. The third-order valence-corrected chi connectivity index (χ3v) is 6.12. The van der Waals surface area contributed by atoms with Crippen LogP contribution in [0.15, 0.2) is 35.2 Å². The fourth-order valence-corrected chi connectivity index (χ4v) is 4.37. The monoisotopic (exact) mass is 434 g/mol. The average molecular weight is 434 g/mol. The molecule has 3 rings (SSSR count). The zero-order valence-electron chi connectivity index (χ0n) is 15.3. The number of hydrogen-bond donors (Lipinski definition) is 7. The third-order valence-electron chi connectivity index (χ3n) is 4.96. The van der Waals surface area contributed by atoms with Crippen molar-refractivity contribution in [3.05, 3.63) is 30.3 Å². The van der Waals surface area contributed by atoms with Gasteiger partial charge in [-0.2, -0.15) is 0 Å². The van der Waals surface area contributed by atoms with Crippen LogP contribution in [0.5, 0.6) is 0 Å². The first-order valence-corrected chi connectivity index (χ1v) is 10.1. The topological polar surface area (TPSA) is 169 Å². The van der Waals surface area contributed by atoms with Crippen LogP contribution < -0.4 is 0 Å². The molecule has 1 aromatic rings. The van der Waals surface area contributed by atoms with Gasteiger partial charge >= 0.3 is 0 Å². The van der Waals surface area contributed by atoms with Gasteiger partial charge in [0.1, 0.15) is 54.3 Å². The van der Waals surface area contributed by atoms with Crippen molar-refractivity contribution in [2.24, 2.45) is 0 Å². The zero-order chi connectivity index (χ0) is 21.1. The van der Waals surface area contributed by atoms with Gasteiger partial charge in [0.15, 0.2) is 6.29 Å². The number of aliphatic hydroxyl groups is 7. The van der Waals surface area contributed by atoms with E-state index in [0.717, 1.165) is 16.7 Å². The molecule has 11 heteroatoms. The molecule has 0 saturated carbocycles. The third kappa shape index (κ3) is 4.92. The molecule has 2 aliphatic rings. The second-order valence-electron chi connectivity index (χ2n) is 6.94. The molecule has 7 N–H and O–H groups in total. The summed E-state index contributed by atoms with van der Waals surface area (Å²) in [6.45, 7) is -1.20. The van der Waals surface area contributed by atoms with Crippen molar-refractivity contribution in [2.45, 2.75) is 65.5 Å². The smallest absolute Gasteiger partial charge is 0.187 e. The van der Waals surface area contributed by atoms with Crippen LogP contribution in [-0.2, 0) is 14.2 Å². The van der Waals surface area contributed by atoms with Crippen molar-refractivity contribution < 1.29 is 50.0 Å². The minimum Gasteiger partial charge on any atom is -0.394 e. The van der Waals surface area contributed by atoms with Crippen molar-refractivity contribution in [1.82, 2.24) is 0 Å². The molecule has 0 amide bonds. The Kier molecular flexibility index (Phi) is 7.87. The van der Waals surface area contributed by atoms with Crippen molar-refractivity contribution in [3.63, 3.8) is 0 Å². The SMILES string of the molecule is OCC1O[C@@H](O[C@H]2C(CO)O[C@@H](Sc3ccccc3)C(O)[C@H]2O)C(O)[C@@H](O)[C@H]1O. The summed E-state index contributed by atoms with van der Waals surface area (Å²) in [5, 5.41) is 69.8. The normalized spacial score (nSPS) is 43.3. The Bertz CT molecular complexity index is 632. The molecular weight excluding hydrogens is 408 g/mol. The van der Waals surface area contributed by atoms with Crippen LogP contribution in [0.4, 0.5) is 0 Å². The maximum absolute atomic E-state index is 10.6. The highest BCUT2D eigenvalue weighted by Crippen LogP contribution is 2.35. The first kappa shape index (κ1) is 22.8. The highest BCUT2D eigenvalue weighted by molar-refractivity contribution is 7.99. The second-order valence-corrected chi connectivity index (χ2v) is 8.11. The molecule has 0 aromatic heterocycles. The van der Waals surface area contributed by atoms with E-state index in [-0.39, 0.29) is 0 Å². The van der Waals surface area contributed by atoms with E-state index >= 15 is 0 Å². The number of benzene rings is 1. The molecule has 0 bridgehead atoms. The Labute approximate surface area is 171 Å². The number of ether oxygens (including phenoxy) is 3. The molecule has 1 aromatic carbocycles. The molecule has 2 heterocycles. The fourth-order valence-electron chi connectivity index (χ4n) is 3.29. The lowest BCUT2D eigenvalue weighted by molar-refractivity contribution is -0.338. The Balaban J connectivity index is 1.71. The van der Waals surface area contributed by atoms with E-state index < -0.39 is 73.8 Å². The van der Waals surface area contributed by atoms with Crippen LogP contribution >= 0.6 is 11.8 Å². The molecule has 29 heavy (non-hydrogen) atoms. The van der Waals surface area contributed by atoms with Gasteiger partial charge in [-0.15, -0.1) is 0 Å². The molecular formula is C18H26O10S. The molecule has 0 radical (unpaired) electrons. The Morgan fingerprint density at radius 3 is 2.03 bits per heavy atom. The van der Waals surface area contributed by atoms with E-state index in [1.165, 1.54) is 0 Å². The molecule has 4 unspecified atom stereocenters. The summed E-state index contributed by atoms with van der Waals surface area (Å²) in [7, 11) is 0. The van der Waals surface area contributed by atoms with Crippen molar-refractivity contribution in [3.8, 4) is 0 Å². The van der Waals surface area contributed by atoms with Gasteiger partial charge in [-0.1, -0.05) is 30.0 Å². The van der Waals surface area contributed by atoms with Crippen LogP contribution in [0.25, 0.3) is 0 Å². The van der Waals surface area contributed by atoms with Crippen molar-refractivity contribution in [2.75, 3.05) is 13.2 Å². The molecule has 0 spiro atoms. The summed E-state index contributed by atoms with van der Waals surface area (Å²) >= 11 is 1.16. The first-order chi connectivity index (χ1) is 13.9. The maximum Gasteiger partial charge on any atom is 0.187 e. The number of thioether (sulfide) groups is 1. The van der Waals surface area contributed by atoms with Crippen molar-refractivity contribution in [1.29, 1.82) is 0 Å². The van der Waals surface area contributed by atoms with Gasteiger partial charge in [0.05, 0.1) is 13.2 Å². The first-order valence-electron chi connectivity index (χ1n) is 9.17. The molecule has 10 atom stereocenters. The minimum absolute atomic E-state index is 0.558. The molecule has 0 aliphatic carbocycles. The maximum atomic E-state index is 10.6. The summed E-state index contributed by atoms with van der Waals surface area (Å²) < 4.78 is 16.5. The lowest BCUT2D eigenvalue weighted by Gasteiger charge is -2.46. The van der Waals surface area contributed by atoms with E-state index in [9.17, 15) is 35.7 Å². The summed E-state index contributed by atoms with van der Waals surface area (Å²) in [6, 6.07) is 9.05. The Hall–Kier alpha value is -0.830. The summed E-state index contributed by atoms with van der Waals surface area (Å²) in [6.07, 6.45) is -12.9. The van der Waals surface area contributed by atoms with Gasteiger partial charge in [-0.3, -0.25) is 0 Å². The summed E-state index contributed by atoms with van der Waals surface area (Å²) in [4.78, 5) is 0.786. The van der Waals surface area contributed by atoms with E-state index in [4.69, 9.17) is 14.2 Å². The van der Waals surface area contributed by atoms with Gasteiger partial charge in [-0.25, -0.2) is 0 Å². The van der Waals surface area contributed by atoms with Crippen LogP contribution in [0, 0.1) is 0 Å². The average Bonchev–Trinajstić information content (AvgIpc) is 2.74. The summed E-state index contributed by atoms with van der Waals surface area (Å²) in [5.74, 6) is 0. The van der Waals surface area contributed by atoms with Gasteiger partial charge in [0, 0.05) is 4.90 Å². The molecule has 2 aliphatic heterocycles. The van der Waals surface area contributed by atoms with Gasteiger partial charge in [0.25, 0.3) is 0 Å². The highest BCUT2D eigenvalue weighted by atomic mass is 32.2. The highest BCUT2D eigenvalue weighted by Gasteiger charge is 2.50. The minimum atomic E-state index is -1.69. The fraction of sp³-hybridized carbons (Fsp3) is 0.667. The van der Waals surface area contributed by atoms with Crippen LogP contribution in [-0.4, -0.2) is 110 Å². The van der Waals surface area contributed by atoms with Crippen LogP contribution in [0.2, 0.25) is 0 Å². The lowest BCUT2D eigenvalue weighted by atomic mass is 9.97. The molecule has 2 saturated heterocycles. The summed E-state index contributed by atoms with van der Waals surface area (Å²) in [5.41, 5.74) is -0.890. The number of aliphatic hydroxyl groups excluding tert-OH is 7. The quantitative estimate of drug-likeness (QED) is 0.251. The predicted molar refractivity (Wildman–Crippen MR) is 98.7 cm³/mol. The molecule has 2 fully saturated rings. The van der Waals surface area contributed by atoms with Crippen molar-refractivity contribution >= 4 is 11.8 Å². The lowest BCUT2D eigenvalue weighted by Crippen LogP contribution is -2.64. The van der Waals surface area contributed by atoms with Gasteiger partial charge in [0.2, 0.25) is 0 Å². The Morgan fingerprint density at radius 2 is 1.41 bits per heavy atom. The van der Waals surface area contributed by atoms with Gasteiger partial charge < -0.3 is 50.0 Å². The molecule has 10 nitrogen and oxygen atoms in total. The van der Waals surface area contributed by atoms with E-state index in [0.29, 0.717) is 0 Å². The Morgan fingerprint density at radius 1 is 0.759 bits per heavy atom. The van der Waals surface area contributed by atoms with E-state index in [1.54, 1.807) is 12.1 Å². The zero-order valence-corrected chi connectivity index (χ0v) is 16.2. The second kappa shape index (κ2) is 9.98. The van der Waals surface area contributed by atoms with E-state index in [1.807, 2.05) is 18.2 Å².